The lowest BCUT2D eigenvalue weighted by Crippen LogP contribution is -2.29. The van der Waals surface area contributed by atoms with Gasteiger partial charge < -0.3 is 10.4 Å². The van der Waals surface area contributed by atoms with E-state index < -0.39 is 5.97 Å². The average Bonchev–Trinajstić information content (AvgIpc) is 2.97. The van der Waals surface area contributed by atoms with Gasteiger partial charge in [0.2, 0.25) is 5.91 Å². The summed E-state index contributed by atoms with van der Waals surface area (Å²) in [6, 6.07) is 1.35. The van der Waals surface area contributed by atoms with E-state index in [4.69, 9.17) is 5.11 Å². The number of carbonyl (C=O) groups is 2. The Morgan fingerprint density at radius 2 is 2.15 bits per heavy atom. The van der Waals surface area contributed by atoms with Crippen molar-refractivity contribution < 1.29 is 14.7 Å². The number of rotatable bonds is 5. The van der Waals surface area contributed by atoms with Gasteiger partial charge in [0.1, 0.15) is 12.2 Å². The molecule has 0 aliphatic heterocycles. The summed E-state index contributed by atoms with van der Waals surface area (Å²) in [5, 5.41) is 19.5. The normalized spacial score (nSPS) is 10.5. The van der Waals surface area contributed by atoms with E-state index in [0.717, 1.165) is 15.9 Å². The number of hydrogen-bond donors (Lipinski definition) is 2. The highest BCUT2D eigenvalue weighted by molar-refractivity contribution is 5.86. The summed E-state index contributed by atoms with van der Waals surface area (Å²) in [6.07, 6.45) is 3.04. The topological polar surface area (TPSA) is 102 Å². The summed E-state index contributed by atoms with van der Waals surface area (Å²) < 4.78 is 2.87. The molecule has 0 radical (unpaired) electrons. The number of aromatic carboxylic acids is 1. The first-order chi connectivity index (χ1) is 9.49. The molecule has 2 heterocycles. The third kappa shape index (κ3) is 2.85. The fraction of sp³-hybridized carbons (Fsp3) is 0.333. The number of nitrogens with zero attached hydrogens (tertiary/aromatic N) is 4. The van der Waals surface area contributed by atoms with Gasteiger partial charge in [-0.25, -0.2) is 9.48 Å². The van der Waals surface area contributed by atoms with Crippen LogP contribution in [0.5, 0.6) is 0 Å². The first-order valence-electron chi connectivity index (χ1n) is 5.98. The lowest BCUT2D eigenvalue weighted by Gasteiger charge is -2.06. The molecule has 0 saturated carbocycles. The van der Waals surface area contributed by atoms with Gasteiger partial charge in [0.25, 0.3) is 0 Å². The number of carbonyl (C=O) groups excluding carboxylic acids is 1. The van der Waals surface area contributed by atoms with Crippen LogP contribution >= 0.6 is 0 Å². The molecule has 2 N–H and O–H groups in total. The number of aryl methyl sites for hydroxylation is 1. The minimum absolute atomic E-state index is 0.0160. The van der Waals surface area contributed by atoms with Crippen LogP contribution in [0.4, 0.5) is 0 Å². The molecular formula is C12H15N5O3. The zero-order valence-corrected chi connectivity index (χ0v) is 11.2. The van der Waals surface area contributed by atoms with Crippen LogP contribution in [0.2, 0.25) is 0 Å². The predicted octanol–water partition coefficient (Wildman–Crippen LogP) is -0.0604. The number of amides is 1. The summed E-state index contributed by atoms with van der Waals surface area (Å²) in [5.74, 6) is -1.42. The van der Waals surface area contributed by atoms with Gasteiger partial charge in [-0.15, -0.1) is 0 Å². The van der Waals surface area contributed by atoms with Crippen LogP contribution in [0.25, 0.3) is 0 Å². The van der Waals surface area contributed by atoms with Gasteiger partial charge in [0.15, 0.2) is 0 Å². The zero-order chi connectivity index (χ0) is 14.7. The van der Waals surface area contributed by atoms with Crippen molar-refractivity contribution in [2.24, 2.45) is 7.05 Å². The van der Waals surface area contributed by atoms with Crippen molar-refractivity contribution in [1.29, 1.82) is 0 Å². The summed E-state index contributed by atoms with van der Waals surface area (Å²) in [6.45, 7) is 2.13. The van der Waals surface area contributed by atoms with E-state index in [2.05, 4.69) is 15.5 Å². The molecule has 0 aliphatic carbocycles. The molecule has 0 bridgehead atoms. The third-order valence-corrected chi connectivity index (χ3v) is 3.04. The number of carboxylic acid groups (broad SMARTS) is 1. The molecule has 0 unspecified atom stereocenters. The van der Waals surface area contributed by atoms with Crippen LogP contribution in [-0.4, -0.2) is 36.5 Å². The molecule has 106 valence electrons. The Bertz CT molecular complexity index is 643. The molecule has 0 fully saturated rings. The van der Waals surface area contributed by atoms with E-state index in [1.165, 1.54) is 12.3 Å². The number of nitrogens with one attached hydrogen (secondary N) is 1. The van der Waals surface area contributed by atoms with Gasteiger partial charge in [-0.3, -0.25) is 9.48 Å². The van der Waals surface area contributed by atoms with Crippen molar-refractivity contribution in [2.75, 3.05) is 0 Å². The van der Waals surface area contributed by atoms with Gasteiger partial charge in [-0.05, 0) is 13.0 Å². The van der Waals surface area contributed by atoms with Crippen LogP contribution in [-0.2, 0) is 24.9 Å². The molecule has 2 rings (SSSR count). The Balaban J connectivity index is 1.94. The van der Waals surface area contributed by atoms with Gasteiger partial charge in [-0.1, -0.05) is 0 Å². The summed E-state index contributed by atoms with van der Waals surface area (Å²) in [5.41, 5.74) is 1.87. The lowest BCUT2D eigenvalue weighted by molar-refractivity contribution is -0.122. The van der Waals surface area contributed by atoms with E-state index in [-0.39, 0.29) is 18.1 Å². The SMILES string of the molecule is Cc1c(CNC(=O)Cn2nccc2C(=O)O)cnn1C. The Morgan fingerprint density at radius 1 is 1.40 bits per heavy atom. The molecule has 0 saturated heterocycles. The third-order valence-electron chi connectivity index (χ3n) is 3.04. The van der Waals surface area contributed by atoms with Gasteiger partial charge in [0.05, 0.1) is 6.20 Å². The fourth-order valence-corrected chi connectivity index (χ4v) is 1.74. The highest BCUT2D eigenvalue weighted by atomic mass is 16.4. The van der Waals surface area contributed by atoms with Crippen molar-refractivity contribution in [3.05, 3.63) is 35.4 Å². The smallest absolute Gasteiger partial charge is 0.354 e. The first kappa shape index (κ1) is 13.8. The molecular weight excluding hydrogens is 262 g/mol. The second-order valence-corrected chi connectivity index (χ2v) is 4.33. The van der Waals surface area contributed by atoms with Gasteiger partial charge >= 0.3 is 5.97 Å². The van der Waals surface area contributed by atoms with Crippen molar-refractivity contribution in [1.82, 2.24) is 24.9 Å². The molecule has 2 aromatic heterocycles. The molecule has 8 heteroatoms. The Kier molecular flexibility index (Phi) is 3.83. The molecule has 1 amide bonds. The second kappa shape index (κ2) is 5.55. The maximum Gasteiger partial charge on any atom is 0.354 e. The Hall–Kier alpha value is -2.64. The number of aromatic nitrogens is 4. The molecule has 0 aromatic carbocycles. The fourth-order valence-electron chi connectivity index (χ4n) is 1.74. The van der Waals surface area contributed by atoms with Crippen molar-refractivity contribution in [3.63, 3.8) is 0 Å². The second-order valence-electron chi connectivity index (χ2n) is 4.33. The minimum Gasteiger partial charge on any atom is -0.477 e. The van der Waals surface area contributed by atoms with E-state index in [1.807, 2.05) is 14.0 Å². The van der Waals surface area contributed by atoms with E-state index in [9.17, 15) is 9.59 Å². The number of hydrogen-bond acceptors (Lipinski definition) is 4. The Morgan fingerprint density at radius 3 is 2.75 bits per heavy atom. The van der Waals surface area contributed by atoms with Crippen LogP contribution in [0.3, 0.4) is 0 Å². The van der Waals surface area contributed by atoms with Gasteiger partial charge in [-0.2, -0.15) is 10.2 Å². The molecule has 0 aliphatic rings. The first-order valence-corrected chi connectivity index (χ1v) is 5.98. The van der Waals surface area contributed by atoms with Crippen LogP contribution in [0, 0.1) is 6.92 Å². The lowest BCUT2D eigenvalue weighted by atomic mass is 10.2. The summed E-state index contributed by atoms with van der Waals surface area (Å²) in [7, 11) is 1.82. The molecule has 0 atom stereocenters. The number of carboxylic acids is 1. The Labute approximate surface area is 115 Å². The van der Waals surface area contributed by atoms with Crippen LogP contribution in [0.15, 0.2) is 18.5 Å². The van der Waals surface area contributed by atoms with Crippen molar-refractivity contribution in [2.45, 2.75) is 20.0 Å². The summed E-state index contributed by atoms with van der Waals surface area (Å²) >= 11 is 0. The quantitative estimate of drug-likeness (QED) is 0.797. The standard InChI is InChI=1S/C12H15N5O3/c1-8-9(6-15-16(8)2)5-13-11(18)7-17-10(12(19)20)3-4-14-17/h3-4,6H,5,7H2,1-2H3,(H,13,18)(H,19,20). The summed E-state index contributed by atoms with van der Waals surface area (Å²) in [4.78, 5) is 22.7. The zero-order valence-electron chi connectivity index (χ0n) is 11.2. The molecule has 20 heavy (non-hydrogen) atoms. The largest absolute Gasteiger partial charge is 0.477 e. The van der Waals surface area contributed by atoms with E-state index >= 15 is 0 Å². The van der Waals surface area contributed by atoms with Crippen LogP contribution in [0.1, 0.15) is 21.7 Å². The highest BCUT2D eigenvalue weighted by Crippen LogP contribution is 2.05. The maximum absolute atomic E-state index is 11.8. The molecule has 2 aromatic rings. The monoisotopic (exact) mass is 277 g/mol. The van der Waals surface area contributed by atoms with Crippen molar-refractivity contribution in [3.8, 4) is 0 Å². The van der Waals surface area contributed by atoms with E-state index in [0.29, 0.717) is 6.54 Å². The predicted molar refractivity (Wildman–Crippen MR) is 69.0 cm³/mol. The van der Waals surface area contributed by atoms with E-state index in [1.54, 1.807) is 10.9 Å². The molecule has 8 nitrogen and oxygen atoms in total. The average molecular weight is 277 g/mol. The van der Waals surface area contributed by atoms with Crippen molar-refractivity contribution >= 4 is 11.9 Å². The highest BCUT2D eigenvalue weighted by Gasteiger charge is 2.13. The molecule has 0 spiro atoms. The van der Waals surface area contributed by atoms with Gasteiger partial charge in [0, 0.05) is 31.0 Å². The minimum atomic E-state index is -1.11. The van der Waals surface area contributed by atoms with Crippen LogP contribution < -0.4 is 5.32 Å². The maximum atomic E-state index is 11.8.